The van der Waals surface area contributed by atoms with Crippen molar-refractivity contribution in [2.75, 3.05) is 19.7 Å². The molecule has 0 saturated carbocycles. The zero-order valence-corrected chi connectivity index (χ0v) is 9.21. The normalized spacial score (nSPS) is 12.5. The molecule has 0 aliphatic carbocycles. The van der Waals surface area contributed by atoms with Crippen molar-refractivity contribution in [2.24, 2.45) is 5.73 Å². The number of amides is 1. The number of hydrogen-bond donors (Lipinski definition) is 2. The summed E-state index contributed by atoms with van der Waals surface area (Å²) in [6, 6.07) is 0. The van der Waals surface area contributed by atoms with E-state index in [2.05, 4.69) is 12.2 Å². The maximum atomic E-state index is 11.3. The Morgan fingerprint density at radius 1 is 1.50 bits per heavy atom. The van der Waals surface area contributed by atoms with E-state index in [1.54, 1.807) is 6.92 Å². The number of hydrogen-bond acceptors (Lipinski definition) is 3. The Balaban J connectivity index is 3.44. The fourth-order valence-corrected chi connectivity index (χ4v) is 0.938. The van der Waals surface area contributed by atoms with Crippen LogP contribution in [0.5, 0.6) is 0 Å². The fraction of sp³-hybridized carbons (Fsp3) is 0.900. The average Bonchev–Trinajstić information content (AvgIpc) is 2.18. The largest absolute Gasteiger partial charge is 0.369 e. The molecule has 14 heavy (non-hydrogen) atoms. The molecular weight excluding hydrogens is 180 g/mol. The molecule has 4 heteroatoms. The topological polar surface area (TPSA) is 64.3 Å². The highest BCUT2D eigenvalue weighted by molar-refractivity contribution is 5.80. The second-order valence-electron chi connectivity index (χ2n) is 3.30. The molecule has 0 aromatic carbocycles. The van der Waals surface area contributed by atoms with E-state index in [1.807, 2.05) is 0 Å². The second-order valence-corrected chi connectivity index (χ2v) is 3.30. The summed E-state index contributed by atoms with van der Waals surface area (Å²) in [5.74, 6) is -0.0467. The molecule has 1 unspecified atom stereocenters. The van der Waals surface area contributed by atoms with Gasteiger partial charge in [0.25, 0.3) is 0 Å². The Hall–Kier alpha value is -0.610. The molecular formula is C10H22N2O2. The van der Waals surface area contributed by atoms with Gasteiger partial charge in [-0.25, -0.2) is 0 Å². The van der Waals surface area contributed by atoms with Crippen LogP contribution in [-0.2, 0) is 9.53 Å². The van der Waals surface area contributed by atoms with E-state index in [4.69, 9.17) is 10.5 Å². The van der Waals surface area contributed by atoms with Crippen LogP contribution < -0.4 is 11.1 Å². The summed E-state index contributed by atoms with van der Waals surface area (Å²) in [4.78, 5) is 11.3. The molecule has 4 nitrogen and oxygen atoms in total. The van der Waals surface area contributed by atoms with Gasteiger partial charge >= 0.3 is 0 Å². The number of carbonyl (C=O) groups excluding carboxylic acids is 1. The van der Waals surface area contributed by atoms with Crippen LogP contribution in [0.3, 0.4) is 0 Å². The maximum absolute atomic E-state index is 11.3. The molecule has 0 radical (unpaired) electrons. The van der Waals surface area contributed by atoms with Gasteiger partial charge in [-0.1, -0.05) is 13.3 Å². The first-order valence-electron chi connectivity index (χ1n) is 5.31. The lowest BCUT2D eigenvalue weighted by atomic mass is 10.3. The standard InChI is InChI=1S/C10H22N2O2/c1-3-4-8-14-9(2)10(13)12-7-5-6-11/h9H,3-8,11H2,1-2H3,(H,12,13). The van der Waals surface area contributed by atoms with Crippen molar-refractivity contribution >= 4 is 5.91 Å². The third kappa shape index (κ3) is 6.86. The van der Waals surface area contributed by atoms with Gasteiger partial charge in [-0.15, -0.1) is 0 Å². The van der Waals surface area contributed by atoms with Gasteiger partial charge in [-0.05, 0) is 26.3 Å². The first-order valence-corrected chi connectivity index (χ1v) is 5.31. The predicted octanol–water partition coefficient (Wildman–Crippen LogP) is 0.657. The van der Waals surface area contributed by atoms with E-state index in [9.17, 15) is 4.79 Å². The van der Waals surface area contributed by atoms with Gasteiger partial charge in [0.15, 0.2) is 0 Å². The summed E-state index contributed by atoms with van der Waals surface area (Å²) >= 11 is 0. The smallest absolute Gasteiger partial charge is 0.248 e. The van der Waals surface area contributed by atoms with Gasteiger partial charge in [-0.3, -0.25) is 4.79 Å². The first-order chi connectivity index (χ1) is 6.72. The SMILES string of the molecule is CCCCOC(C)C(=O)NCCCN. The monoisotopic (exact) mass is 202 g/mol. The number of ether oxygens (including phenoxy) is 1. The van der Waals surface area contributed by atoms with Crippen LogP contribution in [0.4, 0.5) is 0 Å². The number of nitrogens with two attached hydrogens (primary N) is 1. The van der Waals surface area contributed by atoms with Crippen LogP contribution in [-0.4, -0.2) is 31.7 Å². The summed E-state index contributed by atoms with van der Waals surface area (Å²) in [5.41, 5.74) is 5.31. The van der Waals surface area contributed by atoms with Gasteiger partial charge in [0.1, 0.15) is 6.10 Å². The lowest BCUT2D eigenvalue weighted by molar-refractivity contribution is -0.131. The number of unbranched alkanes of at least 4 members (excludes halogenated alkanes) is 1. The molecule has 0 aromatic heterocycles. The molecule has 0 aliphatic rings. The van der Waals surface area contributed by atoms with Gasteiger partial charge in [-0.2, -0.15) is 0 Å². The molecule has 1 atom stereocenters. The maximum Gasteiger partial charge on any atom is 0.248 e. The Morgan fingerprint density at radius 3 is 2.79 bits per heavy atom. The summed E-state index contributed by atoms with van der Waals surface area (Å²) in [5, 5.41) is 2.77. The molecule has 84 valence electrons. The van der Waals surface area contributed by atoms with Crippen LogP contribution in [0.1, 0.15) is 33.1 Å². The van der Waals surface area contributed by atoms with Crippen molar-refractivity contribution < 1.29 is 9.53 Å². The highest BCUT2D eigenvalue weighted by Gasteiger charge is 2.11. The lowest BCUT2D eigenvalue weighted by Crippen LogP contribution is -2.35. The molecule has 0 aromatic rings. The second kappa shape index (κ2) is 8.97. The molecule has 1 amide bonds. The molecule has 0 spiro atoms. The molecule has 0 heterocycles. The molecule has 0 fully saturated rings. The van der Waals surface area contributed by atoms with Crippen LogP contribution in [0.25, 0.3) is 0 Å². The number of carbonyl (C=O) groups is 1. The highest BCUT2D eigenvalue weighted by Crippen LogP contribution is 1.94. The molecule has 3 N–H and O–H groups in total. The summed E-state index contributed by atoms with van der Waals surface area (Å²) in [6.07, 6.45) is 2.55. The van der Waals surface area contributed by atoms with Crippen molar-refractivity contribution in [1.82, 2.24) is 5.32 Å². The highest BCUT2D eigenvalue weighted by atomic mass is 16.5. The minimum Gasteiger partial charge on any atom is -0.369 e. The van der Waals surface area contributed by atoms with Crippen LogP contribution in [0.2, 0.25) is 0 Å². The van der Waals surface area contributed by atoms with Crippen molar-refractivity contribution in [3.63, 3.8) is 0 Å². The third-order valence-corrected chi connectivity index (χ3v) is 1.92. The summed E-state index contributed by atoms with van der Waals surface area (Å²) in [7, 11) is 0. The van der Waals surface area contributed by atoms with Crippen molar-refractivity contribution in [2.45, 2.75) is 39.2 Å². The van der Waals surface area contributed by atoms with Crippen LogP contribution in [0, 0.1) is 0 Å². The quantitative estimate of drug-likeness (QED) is 0.568. The van der Waals surface area contributed by atoms with Crippen LogP contribution in [0.15, 0.2) is 0 Å². The van der Waals surface area contributed by atoms with E-state index in [0.29, 0.717) is 19.7 Å². The average molecular weight is 202 g/mol. The summed E-state index contributed by atoms with van der Waals surface area (Å²) < 4.78 is 5.33. The minimum absolute atomic E-state index is 0.0467. The van der Waals surface area contributed by atoms with Crippen molar-refractivity contribution in [1.29, 1.82) is 0 Å². The summed E-state index contributed by atoms with van der Waals surface area (Å²) in [6.45, 7) is 5.76. The Kier molecular flexibility index (Phi) is 8.57. The first kappa shape index (κ1) is 13.4. The van der Waals surface area contributed by atoms with Crippen molar-refractivity contribution in [3.05, 3.63) is 0 Å². The fourth-order valence-electron chi connectivity index (χ4n) is 0.938. The minimum atomic E-state index is -0.348. The van der Waals surface area contributed by atoms with Crippen molar-refractivity contribution in [3.8, 4) is 0 Å². The van der Waals surface area contributed by atoms with Gasteiger partial charge in [0.05, 0.1) is 0 Å². The van der Waals surface area contributed by atoms with E-state index in [1.165, 1.54) is 0 Å². The molecule has 0 bridgehead atoms. The van der Waals surface area contributed by atoms with E-state index in [-0.39, 0.29) is 12.0 Å². The molecule has 0 saturated heterocycles. The van der Waals surface area contributed by atoms with E-state index < -0.39 is 0 Å². The number of rotatable bonds is 8. The Labute approximate surface area is 86.2 Å². The van der Waals surface area contributed by atoms with E-state index >= 15 is 0 Å². The lowest BCUT2D eigenvalue weighted by Gasteiger charge is -2.12. The third-order valence-electron chi connectivity index (χ3n) is 1.92. The van der Waals surface area contributed by atoms with Gasteiger partial charge in [0.2, 0.25) is 5.91 Å². The van der Waals surface area contributed by atoms with Crippen LogP contribution >= 0.6 is 0 Å². The van der Waals surface area contributed by atoms with Gasteiger partial charge < -0.3 is 15.8 Å². The zero-order chi connectivity index (χ0) is 10.8. The Bertz CT molecular complexity index is 151. The van der Waals surface area contributed by atoms with Gasteiger partial charge in [0, 0.05) is 13.2 Å². The van der Waals surface area contributed by atoms with E-state index in [0.717, 1.165) is 19.3 Å². The molecule has 0 aliphatic heterocycles. The Morgan fingerprint density at radius 2 is 2.21 bits per heavy atom. The number of nitrogens with one attached hydrogen (secondary N) is 1. The predicted molar refractivity (Wildman–Crippen MR) is 57.0 cm³/mol. The zero-order valence-electron chi connectivity index (χ0n) is 9.21. The molecule has 0 rings (SSSR count).